The minimum absolute atomic E-state index is 0.356. The lowest BCUT2D eigenvalue weighted by atomic mass is 10.4. The van der Waals surface area contributed by atoms with E-state index in [1.165, 1.54) is 4.52 Å². The quantitative estimate of drug-likeness (QED) is 0.537. The van der Waals surface area contributed by atoms with Gasteiger partial charge in [0.15, 0.2) is 5.65 Å². The number of terminal acetylenes is 1. The minimum Gasteiger partial charge on any atom is -0.368 e. The molecule has 0 radical (unpaired) electrons. The molecule has 0 saturated carbocycles. The highest BCUT2D eigenvalue weighted by Gasteiger charge is 2.01. The smallest absolute Gasteiger partial charge is 0.364 e. The fourth-order valence-corrected chi connectivity index (χ4v) is 1.16. The van der Waals surface area contributed by atoms with Gasteiger partial charge in [0, 0.05) is 13.0 Å². The summed E-state index contributed by atoms with van der Waals surface area (Å²) in [7, 11) is 0. The molecule has 0 aliphatic heterocycles. The van der Waals surface area contributed by atoms with Crippen LogP contribution in [0.15, 0.2) is 16.9 Å². The summed E-state index contributed by atoms with van der Waals surface area (Å²) in [5.74, 6) is 3.10. The monoisotopic (exact) mass is 203 g/mol. The number of aromatic nitrogens is 4. The molecule has 0 aromatic carbocycles. The molecule has 6 nitrogen and oxygen atoms in total. The van der Waals surface area contributed by atoms with Gasteiger partial charge >= 0.3 is 5.69 Å². The Labute approximate surface area is 85.3 Å². The van der Waals surface area contributed by atoms with Gasteiger partial charge in [-0.05, 0) is 12.1 Å². The van der Waals surface area contributed by atoms with Crippen LogP contribution in [-0.4, -0.2) is 26.4 Å². The Morgan fingerprint density at radius 1 is 1.60 bits per heavy atom. The maximum absolute atomic E-state index is 11.2. The van der Waals surface area contributed by atoms with Crippen molar-refractivity contribution < 1.29 is 0 Å². The van der Waals surface area contributed by atoms with Crippen LogP contribution < -0.4 is 11.0 Å². The molecule has 2 aromatic rings. The summed E-state index contributed by atoms with van der Waals surface area (Å²) >= 11 is 0. The van der Waals surface area contributed by atoms with E-state index in [4.69, 9.17) is 6.42 Å². The molecule has 2 N–H and O–H groups in total. The summed E-state index contributed by atoms with van der Waals surface area (Å²) in [6.45, 7) is 0.627. The maximum atomic E-state index is 11.2. The normalized spacial score (nSPS) is 10.1. The van der Waals surface area contributed by atoms with Crippen molar-refractivity contribution in [3.63, 3.8) is 0 Å². The van der Waals surface area contributed by atoms with Gasteiger partial charge in [0.05, 0.1) is 0 Å². The molecule has 6 heteroatoms. The first-order valence-corrected chi connectivity index (χ1v) is 4.43. The molecule has 76 valence electrons. The van der Waals surface area contributed by atoms with Gasteiger partial charge in [0.25, 0.3) is 0 Å². The third-order valence-corrected chi connectivity index (χ3v) is 1.85. The highest BCUT2D eigenvalue weighted by molar-refractivity contribution is 5.42. The van der Waals surface area contributed by atoms with Gasteiger partial charge in [-0.15, -0.1) is 17.4 Å². The average Bonchev–Trinajstić information content (AvgIpc) is 2.61. The number of hydrogen-bond acceptors (Lipinski definition) is 4. The Morgan fingerprint density at radius 3 is 3.27 bits per heavy atom. The van der Waals surface area contributed by atoms with Crippen molar-refractivity contribution in [3.8, 4) is 12.3 Å². The van der Waals surface area contributed by atoms with Gasteiger partial charge in [0.2, 0.25) is 0 Å². The first kappa shape index (κ1) is 9.27. The lowest BCUT2D eigenvalue weighted by molar-refractivity contribution is 0.875. The number of fused-ring (bicyclic) bond motifs is 1. The van der Waals surface area contributed by atoms with Gasteiger partial charge < -0.3 is 5.32 Å². The Hall–Kier alpha value is -2.29. The molecule has 0 unspecified atom stereocenters. The Bertz CT molecular complexity index is 562. The topological polar surface area (TPSA) is 75.1 Å². The first-order chi connectivity index (χ1) is 7.31. The first-order valence-electron chi connectivity index (χ1n) is 4.43. The van der Waals surface area contributed by atoms with E-state index in [-0.39, 0.29) is 5.69 Å². The summed E-state index contributed by atoms with van der Waals surface area (Å²) in [6.07, 6.45) is 5.72. The third-order valence-electron chi connectivity index (χ3n) is 1.85. The van der Waals surface area contributed by atoms with Gasteiger partial charge in [-0.3, -0.25) is 0 Å². The SMILES string of the molecule is C#CCCNc1ccc2n[nH]c(=O)n2n1. The summed E-state index contributed by atoms with van der Waals surface area (Å²) in [4.78, 5) is 11.2. The van der Waals surface area contributed by atoms with Crippen LogP contribution in [0.2, 0.25) is 0 Å². The van der Waals surface area contributed by atoms with Crippen LogP contribution in [0.1, 0.15) is 6.42 Å². The number of nitrogens with one attached hydrogen (secondary N) is 2. The predicted octanol–water partition coefficient (Wildman–Crippen LogP) is -0.147. The molecule has 0 atom stereocenters. The molecule has 0 aliphatic rings. The summed E-state index contributed by atoms with van der Waals surface area (Å²) in [5.41, 5.74) is 0.132. The lowest BCUT2D eigenvalue weighted by Gasteiger charge is -2.01. The molecule has 15 heavy (non-hydrogen) atoms. The van der Waals surface area contributed by atoms with E-state index in [2.05, 4.69) is 26.5 Å². The van der Waals surface area contributed by atoms with E-state index in [0.717, 1.165) is 0 Å². The van der Waals surface area contributed by atoms with Crippen LogP contribution >= 0.6 is 0 Å². The number of aromatic amines is 1. The van der Waals surface area contributed by atoms with Gasteiger partial charge in [-0.1, -0.05) is 0 Å². The zero-order chi connectivity index (χ0) is 10.7. The summed E-state index contributed by atoms with van der Waals surface area (Å²) in [5, 5.41) is 13.1. The van der Waals surface area contributed by atoms with Gasteiger partial charge in [-0.2, -0.15) is 9.61 Å². The van der Waals surface area contributed by atoms with Crippen molar-refractivity contribution in [2.24, 2.45) is 0 Å². The molecular weight excluding hydrogens is 194 g/mol. The van der Waals surface area contributed by atoms with E-state index in [1.807, 2.05) is 0 Å². The Balaban J connectivity index is 2.26. The molecule has 0 saturated heterocycles. The second kappa shape index (κ2) is 3.84. The minimum atomic E-state index is -0.356. The molecular formula is C9H9N5O. The molecule has 0 aliphatic carbocycles. The standard InChI is InChI=1S/C9H9N5O/c1-2-3-6-10-7-4-5-8-11-12-9(15)14(8)13-7/h1,4-5H,3,6H2,(H,10,13)(H,12,15). The van der Waals surface area contributed by atoms with Crippen LogP contribution in [-0.2, 0) is 0 Å². The van der Waals surface area contributed by atoms with Crippen LogP contribution in [0, 0.1) is 12.3 Å². The van der Waals surface area contributed by atoms with E-state index in [0.29, 0.717) is 24.4 Å². The van der Waals surface area contributed by atoms with Crippen LogP contribution in [0.5, 0.6) is 0 Å². The number of rotatable bonds is 3. The fourth-order valence-electron chi connectivity index (χ4n) is 1.16. The van der Waals surface area contributed by atoms with Crippen molar-refractivity contribution in [3.05, 3.63) is 22.6 Å². The van der Waals surface area contributed by atoms with Crippen LogP contribution in [0.4, 0.5) is 5.82 Å². The van der Waals surface area contributed by atoms with Crippen LogP contribution in [0.25, 0.3) is 5.65 Å². The number of anilines is 1. The van der Waals surface area contributed by atoms with Crippen molar-refractivity contribution in [2.75, 3.05) is 11.9 Å². The Morgan fingerprint density at radius 2 is 2.47 bits per heavy atom. The van der Waals surface area contributed by atoms with E-state index in [9.17, 15) is 4.79 Å². The zero-order valence-corrected chi connectivity index (χ0v) is 7.90. The largest absolute Gasteiger partial charge is 0.368 e. The second-order valence-corrected chi connectivity index (χ2v) is 2.90. The summed E-state index contributed by atoms with van der Waals surface area (Å²) in [6, 6.07) is 3.44. The van der Waals surface area contributed by atoms with Crippen molar-refractivity contribution in [1.29, 1.82) is 0 Å². The summed E-state index contributed by atoms with van der Waals surface area (Å²) < 4.78 is 1.19. The van der Waals surface area contributed by atoms with E-state index < -0.39 is 0 Å². The maximum Gasteiger partial charge on any atom is 0.364 e. The highest BCUT2D eigenvalue weighted by Crippen LogP contribution is 2.02. The van der Waals surface area contributed by atoms with Crippen molar-refractivity contribution in [2.45, 2.75) is 6.42 Å². The average molecular weight is 203 g/mol. The predicted molar refractivity (Wildman–Crippen MR) is 55.5 cm³/mol. The molecule has 0 fully saturated rings. The molecule has 0 spiro atoms. The third kappa shape index (κ3) is 1.81. The number of H-pyrrole nitrogens is 1. The zero-order valence-electron chi connectivity index (χ0n) is 7.90. The fraction of sp³-hybridized carbons (Fsp3) is 0.222. The van der Waals surface area contributed by atoms with Gasteiger partial charge in [-0.25, -0.2) is 9.89 Å². The molecule has 2 aromatic heterocycles. The van der Waals surface area contributed by atoms with Gasteiger partial charge in [0.1, 0.15) is 5.82 Å². The molecule has 0 amide bonds. The Kier molecular flexibility index (Phi) is 2.37. The molecule has 2 heterocycles. The second-order valence-electron chi connectivity index (χ2n) is 2.90. The van der Waals surface area contributed by atoms with Crippen LogP contribution in [0.3, 0.4) is 0 Å². The van der Waals surface area contributed by atoms with E-state index >= 15 is 0 Å². The number of hydrogen-bond donors (Lipinski definition) is 2. The van der Waals surface area contributed by atoms with E-state index in [1.54, 1.807) is 12.1 Å². The number of nitrogens with zero attached hydrogens (tertiary/aromatic N) is 3. The van der Waals surface area contributed by atoms with Crippen molar-refractivity contribution >= 4 is 11.5 Å². The highest BCUT2D eigenvalue weighted by atomic mass is 16.2. The van der Waals surface area contributed by atoms with Crippen molar-refractivity contribution in [1.82, 2.24) is 19.8 Å². The lowest BCUT2D eigenvalue weighted by Crippen LogP contribution is -2.14. The molecule has 0 bridgehead atoms. The molecule has 2 rings (SSSR count).